The fourth-order valence-electron chi connectivity index (χ4n) is 2.02. The molecule has 0 spiro atoms. The highest BCUT2D eigenvalue weighted by atomic mass is 79.9. The maximum absolute atomic E-state index is 5.58. The highest BCUT2D eigenvalue weighted by Crippen LogP contribution is 2.32. The molecule has 2 rings (SSSR count). The minimum atomic E-state index is 0.224. The molecule has 0 saturated carbocycles. The first-order valence-electron chi connectivity index (χ1n) is 6.46. The van der Waals surface area contributed by atoms with Gasteiger partial charge in [-0.1, -0.05) is 19.1 Å². The predicted molar refractivity (Wildman–Crippen MR) is 85.1 cm³/mol. The Balaban J connectivity index is 2.30. The Bertz CT molecular complexity index is 526. The highest BCUT2D eigenvalue weighted by Gasteiger charge is 2.15. The summed E-state index contributed by atoms with van der Waals surface area (Å²) in [5.41, 5.74) is 1.24. The lowest BCUT2D eigenvalue weighted by Gasteiger charge is -2.17. The third-order valence-electron chi connectivity index (χ3n) is 2.79. The van der Waals surface area contributed by atoms with E-state index in [1.807, 2.05) is 19.1 Å². The smallest absolute Gasteiger partial charge is 0.119 e. The lowest BCUT2D eigenvalue weighted by molar-refractivity contribution is 0.339. The average Bonchev–Trinajstić information content (AvgIpc) is 2.83. The molecule has 1 aromatic heterocycles. The van der Waals surface area contributed by atoms with Crippen LogP contribution in [0.1, 0.15) is 30.3 Å². The van der Waals surface area contributed by atoms with Gasteiger partial charge >= 0.3 is 0 Å². The third-order valence-corrected chi connectivity index (χ3v) is 4.48. The molecule has 0 aliphatic heterocycles. The van der Waals surface area contributed by atoms with Crippen molar-refractivity contribution < 1.29 is 4.74 Å². The van der Waals surface area contributed by atoms with Gasteiger partial charge in [0.05, 0.1) is 16.4 Å². The summed E-state index contributed by atoms with van der Waals surface area (Å²) in [5.74, 6) is 0.929. The quantitative estimate of drug-likeness (QED) is 0.829. The van der Waals surface area contributed by atoms with Gasteiger partial charge in [-0.25, -0.2) is 0 Å². The van der Waals surface area contributed by atoms with Gasteiger partial charge in [-0.3, -0.25) is 0 Å². The van der Waals surface area contributed by atoms with Crippen LogP contribution < -0.4 is 10.1 Å². The van der Waals surface area contributed by atoms with E-state index >= 15 is 0 Å². The van der Waals surface area contributed by atoms with Crippen molar-refractivity contribution in [1.82, 2.24) is 5.32 Å². The minimum Gasteiger partial charge on any atom is -0.494 e. The highest BCUT2D eigenvalue weighted by molar-refractivity contribution is 9.11. The standard InChI is InChI=1S/C15H18BrNOS/c1-3-17-15(13-8-9-14(16)19-13)11-6-5-7-12(10-11)18-4-2/h5-10,15,17H,3-4H2,1-2H3. The van der Waals surface area contributed by atoms with Gasteiger partial charge in [0.2, 0.25) is 0 Å². The summed E-state index contributed by atoms with van der Waals surface area (Å²) in [4.78, 5) is 1.31. The molecule has 2 nitrogen and oxygen atoms in total. The lowest BCUT2D eigenvalue weighted by atomic mass is 10.1. The summed E-state index contributed by atoms with van der Waals surface area (Å²) in [5, 5.41) is 3.53. The number of benzene rings is 1. The SMILES string of the molecule is CCNC(c1cccc(OCC)c1)c1ccc(Br)s1. The van der Waals surface area contributed by atoms with E-state index < -0.39 is 0 Å². The van der Waals surface area contributed by atoms with Crippen LogP contribution in [0.4, 0.5) is 0 Å². The van der Waals surface area contributed by atoms with Crippen molar-refractivity contribution in [3.63, 3.8) is 0 Å². The number of ether oxygens (including phenoxy) is 1. The molecule has 0 amide bonds. The molecule has 19 heavy (non-hydrogen) atoms. The molecule has 0 radical (unpaired) electrons. The van der Waals surface area contributed by atoms with Gasteiger partial charge < -0.3 is 10.1 Å². The number of hydrogen-bond donors (Lipinski definition) is 1. The monoisotopic (exact) mass is 339 g/mol. The molecule has 0 aliphatic rings. The second kappa shape index (κ2) is 7.08. The van der Waals surface area contributed by atoms with Crippen molar-refractivity contribution in [1.29, 1.82) is 0 Å². The molecule has 1 heterocycles. The Morgan fingerprint density at radius 2 is 2.11 bits per heavy atom. The summed E-state index contributed by atoms with van der Waals surface area (Å²) in [6, 6.07) is 12.8. The molecule has 102 valence electrons. The molecular weight excluding hydrogens is 322 g/mol. The normalized spacial score (nSPS) is 12.4. The van der Waals surface area contributed by atoms with Gasteiger partial charge in [0.25, 0.3) is 0 Å². The number of halogens is 1. The molecule has 0 fully saturated rings. The van der Waals surface area contributed by atoms with Crippen LogP contribution >= 0.6 is 27.3 Å². The summed E-state index contributed by atoms with van der Waals surface area (Å²) in [6.07, 6.45) is 0. The van der Waals surface area contributed by atoms with Gasteiger partial charge in [-0.2, -0.15) is 0 Å². The minimum absolute atomic E-state index is 0.224. The fraction of sp³-hybridized carbons (Fsp3) is 0.333. The van der Waals surface area contributed by atoms with E-state index in [0.717, 1.165) is 16.1 Å². The third kappa shape index (κ3) is 3.81. The second-order valence-corrected chi connectivity index (χ2v) is 6.63. The van der Waals surface area contributed by atoms with Crippen molar-refractivity contribution in [3.05, 3.63) is 50.6 Å². The first-order chi connectivity index (χ1) is 9.24. The maximum Gasteiger partial charge on any atom is 0.119 e. The topological polar surface area (TPSA) is 21.3 Å². The van der Waals surface area contributed by atoms with Crippen LogP contribution in [0, 0.1) is 0 Å². The van der Waals surface area contributed by atoms with Crippen LogP contribution in [0.15, 0.2) is 40.2 Å². The molecule has 1 N–H and O–H groups in total. The zero-order valence-electron chi connectivity index (χ0n) is 11.2. The van der Waals surface area contributed by atoms with Crippen LogP contribution in [0.5, 0.6) is 5.75 Å². The fourth-order valence-corrected chi connectivity index (χ4v) is 3.55. The molecule has 1 unspecified atom stereocenters. The van der Waals surface area contributed by atoms with Crippen molar-refractivity contribution in [2.24, 2.45) is 0 Å². The van der Waals surface area contributed by atoms with Gasteiger partial charge in [-0.05, 0) is 59.2 Å². The molecule has 0 bridgehead atoms. The number of nitrogens with one attached hydrogen (secondary N) is 1. The second-order valence-electron chi connectivity index (χ2n) is 4.14. The van der Waals surface area contributed by atoms with E-state index in [0.29, 0.717) is 6.61 Å². The first-order valence-corrected chi connectivity index (χ1v) is 8.07. The van der Waals surface area contributed by atoms with Gasteiger partial charge in [0, 0.05) is 4.88 Å². The average molecular weight is 340 g/mol. The summed E-state index contributed by atoms with van der Waals surface area (Å²) >= 11 is 5.29. The number of hydrogen-bond acceptors (Lipinski definition) is 3. The zero-order valence-corrected chi connectivity index (χ0v) is 13.6. The Labute approximate surface area is 126 Å². The largest absolute Gasteiger partial charge is 0.494 e. The first kappa shape index (κ1) is 14.6. The summed E-state index contributed by atoms with van der Waals surface area (Å²) < 4.78 is 6.74. The van der Waals surface area contributed by atoms with Crippen LogP contribution in [-0.2, 0) is 0 Å². The molecule has 4 heteroatoms. The zero-order chi connectivity index (χ0) is 13.7. The van der Waals surface area contributed by atoms with E-state index in [-0.39, 0.29) is 6.04 Å². The van der Waals surface area contributed by atoms with Gasteiger partial charge in [-0.15, -0.1) is 11.3 Å². The molecule has 1 aromatic carbocycles. The van der Waals surface area contributed by atoms with E-state index in [2.05, 4.69) is 52.4 Å². The van der Waals surface area contributed by atoms with Crippen molar-refractivity contribution in [2.45, 2.75) is 19.9 Å². The molecule has 2 aromatic rings. The van der Waals surface area contributed by atoms with Gasteiger partial charge in [0.15, 0.2) is 0 Å². The van der Waals surface area contributed by atoms with Crippen LogP contribution in [-0.4, -0.2) is 13.2 Å². The maximum atomic E-state index is 5.58. The Morgan fingerprint density at radius 1 is 1.26 bits per heavy atom. The number of rotatable bonds is 6. The van der Waals surface area contributed by atoms with Crippen LogP contribution in [0.2, 0.25) is 0 Å². The van der Waals surface area contributed by atoms with Crippen molar-refractivity contribution in [2.75, 3.05) is 13.2 Å². The van der Waals surface area contributed by atoms with E-state index in [1.54, 1.807) is 11.3 Å². The number of thiophene rings is 1. The Morgan fingerprint density at radius 3 is 2.74 bits per heavy atom. The van der Waals surface area contributed by atoms with E-state index in [9.17, 15) is 0 Å². The Hall–Kier alpha value is -0.840. The van der Waals surface area contributed by atoms with Crippen molar-refractivity contribution >= 4 is 27.3 Å². The Kier molecular flexibility index (Phi) is 5.43. The van der Waals surface area contributed by atoms with E-state index in [4.69, 9.17) is 4.74 Å². The summed E-state index contributed by atoms with van der Waals surface area (Å²) in [7, 11) is 0. The lowest BCUT2D eigenvalue weighted by Crippen LogP contribution is -2.21. The molecule has 1 atom stereocenters. The summed E-state index contributed by atoms with van der Waals surface area (Å²) in [6.45, 7) is 5.76. The van der Waals surface area contributed by atoms with Crippen molar-refractivity contribution in [3.8, 4) is 5.75 Å². The van der Waals surface area contributed by atoms with Crippen LogP contribution in [0.3, 0.4) is 0 Å². The predicted octanol–water partition coefficient (Wildman–Crippen LogP) is 4.61. The molecule has 0 saturated heterocycles. The van der Waals surface area contributed by atoms with Gasteiger partial charge in [0.1, 0.15) is 5.75 Å². The molecular formula is C15H18BrNOS. The van der Waals surface area contributed by atoms with Crippen LogP contribution in [0.25, 0.3) is 0 Å². The van der Waals surface area contributed by atoms with E-state index in [1.165, 1.54) is 10.4 Å². The molecule has 0 aliphatic carbocycles.